The molecule has 8 heteroatoms. The maximum Gasteiger partial charge on any atom is 0.252 e. The number of carbonyl (C=O) groups is 1. The number of hydrogen-bond acceptors (Lipinski definition) is 5. The Morgan fingerprint density at radius 2 is 2.00 bits per heavy atom. The lowest BCUT2D eigenvalue weighted by atomic mass is 10.3. The van der Waals surface area contributed by atoms with Crippen molar-refractivity contribution < 1.29 is 17.9 Å². The van der Waals surface area contributed by atoms with Gasteiger partial charge in [-0.3, -0.25) is 4.79 Å². The molecule has 0 saturated carbocycles. The summed E-state index contributed by atoms with van der Waals surface area (Å²) >= 11 is 1.12. The number of para-hydroxylation sites is 2. The highest BCUT2D eigenvalue weighted by molar-refractivity contribution is 7.91. The van der Waals surface area contributed by atoms with Gasteiger partial charge in [0.05, 0.1) is 18.8 Å². The fourth-order valence-electron chi connectivity index (χ4n) is 2.06. The van der Waals surface area contributed by atoms with Gasteiger partial charge < -0.3 is 10.1 Å². The van der Waals surface area contributed by atoms with Gasteiger partial charge in [-0.1, -0.05) is 31.5 Å². The van der Waals surface area contributed by atoms with Gasteiger partial charge in [0.25, 0.3) is 10.0 Å². The van der Waals surface area contributed by atoms with Gasteiger partial charge in [-0.15, -0.1) is 11.3 Å². The van der Waals surface area contributed by atoms with Crippen LogP contribution in [0.4, 0.5) is 5.69 Å². The fraction of sp³-hybridized carbons (Fsp3) is 0.353. The van der Waals surface area contributed by atoms with Crippen molar-refractivity contribution in [1.82, 2.24) is 4.31 Å². The lowest BCUT2D eigenvalue weighted by Crippen LogP contribution is -2.34. The summed E-state index contributed by atoms with van der Waals surface area (Å²) in [5, 5.41) is 4.40. The molecular weight excluding hydrogens is 360 g/mol. The molecule has 25 heavy (non-hydrogen) atoms. The van der Waals surface area contributed by atoms with Gasteiger partial charge in [0.2, 0.25) is 5.91 Å². The van der Waals surface area contributed by atoms with Crippen molar-refractivity contribution in [3.8, 4) is 5.75 Å². The summed E-state index contributed by atoms with van der Waals surface area (Å²) in [6.45, 7) is 2.36. The molecule has 0 fully saturated rings. The van der Waals surface area contributed by atoms with E-state index in [1.165, 1.54) is 13.1 Å². The van der Waals surface area contributed by atoms with Gasteiger partial charge in [-0.2, -0.15) is 4.31 Å². The van der Waals surface area contributed by atoms with Gasteiger partial charge in [0.15, 0.2) is 0 Å². The van der Waals surface area contributed by atoms with Crippen molar-refractivity contribution in [1.29, 1.82) is 0 Å². The van der Waals surface area contributed by atoms with Gasteiger partial charge >= 0.3 is 0 Å². The number of rotatable bonds is 9. The van der Waals surface area contributed by atoms with E-state index in [0.717, 1.165) is 28.5 Å². The number of benzene rings is 1. The Balaban J connectivity index is 2.01. The zero-order valence-electron chi connectivity index (χ0n) is 14.3. The number of hydrogen-bond donors (Lipinski definition) is 1. The van der Waals surface area contributed by atoms with Crippen LogP contribution in [0.25, 0.3) is 0 Å². The maximum absolute atomic E-state index is 12.4. The van der Waals surface area contributed by atoms with E-state index in [1.54, 1.807) is 29.6 Å². The first-order valence-electron chi connectivity index (χ1n) is 7.96. The topological polar surface area (TPSA) is 75.7 Å². The minimum atomic E-state index is -3.65. The molecule has 1 amide bonds. The third-order valence-electron chi connectivity index (χ3n) is 3.44. The minimum absolute atomic E-state index is 0.214. The SMILES string of the molecule is CCCCOc1ccccc1NC(=O)CN(C)S(=O)(=O)c1cccs1. The van der Waals surface area contributed by atoms with E-state index in [2.05, 4.69) is 12.2 Å². The molecule has 2 rings (SSSR count). The molecule has 1 aromatic carbocycles. The number of anilines is 1. The zero-order valence-corrected chi connectivity index (χ0v) is 15.9. The van der Waals surface area contributed by atoms with E-state index in [1.807, 2.05) is 6.07 Å². The number of ether oxygens (including phenoxy) is 1. The minimum Gasteiger partial charge on any atom is -0.491 e. The van der Waals surface area contributed by atoms with E-state index in [9.17, 15) is 13.2 Å². The number of unbranched alkanes of at least 4 members (excludes halogenated alkanes) is 1. The highest BCUT2D eigenvalue weighted by atomic mass is 32.2. The van der Waals surface area contributed by atoms with Crippen LogP contribution in [0.3, 0.4) is 0 Å². The molecule has 0 spiro atoms. The van der Waals surface area contributed by atoms with Crippen LogP contribution in [0.5, 0.6) is 5.75 Å². The Bertz CT molecular complexity index is 789. The number of thiophene rings is 1. The van der Waals surface area contributed by atoms with E-state index < -0.39 is 15.9 Å². The van der Waals surface area contributed by atoms with Crippen LogP contribution in [0.15, 0.2) is 46.0 Å². The lowest BCUT2D eigenvalue weighted by Gasteiger charge is -2.17. The Morgan fingerprint density at radius 3 is 2.68 bits per heavy atom. The second kappa shape index (κ2) is 8.98. The highest BCUT2D eigenvalue weighted by Gasteiger charge is 2.24. The number of nitrogens with one attached hydrogen (secondary N) is 1. The van der Waals surface area contributed by atoms with Crippen LogP contribution in [-0.2, 0) is 14.8 Å². The van der Waals surface area contributed by atoms with Crippen molar-refractivity contribution in [2.24, 2.45) is 0 Å². The standard InChI is InChI=1S/C17H22N2O4S2/c1-3-4-11-23-15-9-6-5-8-14(15)18-16(20)13-19(2)25(21,22)17-10-7-12-24-17/h5-10,12H,3-4,11,13H2,1-2H3,(H,18,20). The molecule has 0 radical (unpaired) electrons. The van der Waals surface area contributed by atoms with Gasteiger partial charge in [-0.05, 0) is 30.0 Å². The van der Waals surface area contributed by atoms with Crippen molar-refractivity contribution >= 4 is 33.0 Å². The van der Waals surface area contributed by atoms with Crippen LogP contribution in [0.2, 0.25) is 0 Å². The average Bonchev–Trinajstić information content (AvgIpc) is 3.12. The highest BCUT2D eigenvalue weighted by Crippen LogP contribution is 2.24. The predicted molar refractivity (Wildman–Crippen MR) is 99.6 cm³/mol. The van der Waals surface area contributed by atoms with Gasteiger partial charge in [0.1, 0.15) is 9.96 Å². The Hall–Kier alpha value is -1.90. The molecule has 0 atom stereocenters. The average molecular weight is 383 g/mol. The Labute approximate surface area is 152 Å². The second-order valence-electron chi connectivity index (χ2n) is 5.44. The predicted octanol–water partition coefficient (Wildman–Crippen LogP) is 3.19. The zero-order chi connectivity index (χ0) is 18.3. The number of nitrogens with zero attached hydrogens (tertiary/aromatic N) is 1. The fourth-order valence-corrected chi connectivity index (χ4v) is 4.39. The van der Waals surface area contributed by atoms with Gasteiger partial charge in [-0.25, -0.2) is 8.42 Å². The van der Waals surface area contributed by atoms with Crippen LogP contribution >= 0.6 is 11.3 Å². The number of carbonyl (C=O) groups excluding carboxylic acids is 1. The van der Waals surface area contributed by atoms with Crippen molar-refractivity contribution in [3.05, 3.63) is 41.8 Å². The van der Waals surface area contributed by atoms with Crippen molar-refractivity contribution in [2.45, 2.75) is 24.0 Å². The Morgan fingerprint density at radius 1 is 1.24 bits per heavy atom. The third kappa shape index (κ3) is 5.29. The molecule has 0 aliphatic carbocycles. The summed E-state index contributed by atoms with van der Waals surface area (Å²) in [5.41, 5.74) is 0.533. The molecule has 1 N–H and O–H groups in total. The van der Waals surface area contributed by atoms with Gasteiger partial charge in [0, 0.05) is 7.05 Å². The summed E-state index contributed by atoms with van der Waals surface area (Å²) in [5.74, 6) is 0.155. The van der Waals surface area contributed by atoms with Crippen LogP contribution < -0.4 is 10.1 Å². The van der Waals surface area contributed by atoms with E-state index in [-0.39, 0.29) is 10.8 Å². The van der Waals surface area contributed by atoms with Crippen LogP contribution in [-0.4, -0.2) is 38.8 Å². The molecule has 1 heterocycles. The van der Waals surface area contributed by atoms with Crippen LogP contribution in [0.1, 0.15) is 19.8 Å². The number of amides is 1. The van der Waals surface area contributed by atoms with Crippen molar-refractivity contribution in [2.75, 3.05) is 25.5 Å². The summed E-state index contributed by atoms with van der Waals surface area (Å²) in [7, 11) is -2.26. The lowest BCUT2D eigenvalue weighted by molar-refractivity contribution is -0.116. The molecule has 0 unspecified atom stereocenters. The molecule has 6 nitrogen and oxygen atoms in total. The molecule has 0 saturated heterocycles. The first-order valence-corrected chi connectivity index (χ1v) is 10.3. The molecule has 0 bridgehead atoms. The molecule has 1 aromatic heterocycles. The molecular formula is C17H22N2O4S2. The molecule has 0 aliphatic heterocycles. The molecule has 0 aliphatic rings. The monoisotopic (exact) mass is 382 g/mol. The maximum atomic E-state index is 12.4. The van der Waals surface area contributed by atoms with E-state index in [0.29, 0.717) is 18.0 Å². The second-order valence-corrected chi connectivity index (χ2v) is 8.66. The quantitative estimate of drug-likeness (QED) is 0.676. The first kappa shape index (κ1) is 19.4. The molecule has 2 aromatic rings. The van der Waals surface area contributed by atoms with E-state index >= 15 is 0 Å². The van der Waals surface area contributed by atoms with E-state index in [4.69, 9.17) is 4.74 Å². The normalized spacial score (nSPS) is 11.5. The summed E-state index contributed by atoms with van der Waals surface area (Å²) in [4.78, 5) is 12.3. The third-order valence-corrected chi connectivity index (χ3v) is 6.62. The summed E-state index contributed by atoms with van der Waals surface area (Å²) in [6, 6.07) is 10.3. The smallest absolute Gasteiger partial charge is 0.252 e. The molecule has 136 valence electrons. The summed E-state index contributed by atoms with van der Waals surface area (Å²) in [6.07, 6.45) is 1.93. The largest absolute Gasteiger partial charge is 0.491 e. The summed E-state index contributed by atoms with van der Waals surface area (Å²) < 4.78 is 31.6. The number of sulfonamides is 1. The number of likely N-dealkylation sites (N-methyl/N-ethyl adjacent to an activating group) is 1. The Kier molecular flexibility index (Phi) is 6.98. The van der Waals surface area contributed by atoms with Crippen LogP contribution in [0, 0.1) is 0 Å². The van der Waals surface area contributed by atoms with Crippen molar-refractivity contribution in [3.63, 3.8) is 0 Å². The first-order chi connectivity index (χ1) is 11.9.